The zero-order valence-corrected chi connectivity index (χ0v) is 14.3. The summed E-state index contributed by atoms with van der Waals surface area (Å²) in [4.78, 5) is 5.03. The Morgan fingerprint density at radius 3 is 2.29 bits per heavy atom. The van der Waals surface area contributed by atoms with Gasteiger partial charge in [-0.3, -0.25) is 4.90 Å². The predicted molar refractivity (Wildman–Crippen MR) is 90.9 cm³/mol. The molecule has 2 unspecified atom stereocenters. The molecule has 1 heterocycles. The lowest BCUT2D eigenvalue weighted by Crippen LogP contribution is -2.52. The lowest BCUT2D eigenvalue weighted by Gasteiger charge is -2.40. The highest BCUT2D eigenvalue weighted by Crippen LogP contribution is 2.21. The maximum atomic E-state index is 3.49. The van der Waals surface area contributed by atoms with Crippen LogP contribution in [0.25, 0.3) is 0 Å². The maximum Gasteiger partial charge on any atom is 0.0447 e. The van der Waals surface area contributed by atoms with Gasteiger partial charge in [-0.2, -0.15) is 0 Å². The SMILES string of the molecule is CNC(CN1CCN(C)CC1C)c1ccc(C(C)C)cc1. The molecule has 3 nitrogen and oxygen atoms in total. The first-order chi connectivity index (χ1) is 10.0. The lowest BCUT2D eigenvalue weighted by atomic mass is 9.98. The summed E-state index contributed by atoms with van der Waals surface area (Å²) < 4.78 is 0. The van der Waals surface area contributed by atoms with E-state index in [1.165, 1.54) is 30.8 Å². The Bertz CT molecular complexity index is 427. The Kier molecular flexibility index (Phi) is 5.80. The minimum Gasteiger partial charge on any atom is -0.312 e. The molecule has 1 fully saturated rings. The molecule has 0 bridgehead atoms. The quantitative estimate of drug-likeness (QED) is 0.899. The topological polar surface area (TPSA) is 18.5 Å². The van der Waals surface area contributed by atoms with E-state index in [0.29, 0.717) is 18.0 Å². The summed E-state index contributed by atoms with van der Waals surface area (Å²) >= 11 is 0. The van der Waals surface area contributed by atoms with Gasteiger partial charge in [-0.15, -0.1) is 0 Å². The van der Waals surface area contributed by atoms with Crippen LogP contribution >= 0.6 is 0 Å². The zero-order chi connectivity index (χ0) is 15.4. The molecule has 0 radical (unpaired) electrons. The number of piperazine rings is 1. The smallest absolute Gasteiger partial charge is 0.0447 e. The molecule has 1 aromatic carbocycles. The van der Waals surface area contributed by atoms with E-state index in [2.05, 4.69) is 74.2 Å². The molecule has 1 aromatic rings. The summed E-state index contributed by atoms with van der Waals surface area (Å²) in [5.74, 6) is 0.602. The first-order valence-electron chi connectivity index (χ1n) is 8.21. The summed E-state index contributed by atoms with van der Waals surface area (Å²) in [6.45, 7) is 11.4. The maximum absolute atomic E-state index is 3.49. The van der Waals surface area contributed by atoms with Crippen LogP contribution in [0.2, 0.25) is 0 Å². The van der Waals surface area contributed by atoms with Gasteiger partial charge in [0, 0.05) is 38.3 Å². The van der Waals surface area contributed by atoms with E-state index >= 15 is 0 Å². The van der Waals surface area contributed by atoms with E-state index in [1.807, 2.05) is 0 Å². The van der Waals surface area contributed by atoms with E-state index in [4.69, 9.17) is 0 Å². The Morgan fingerprint density at radius 2 is 1.76 bits per heavy atom. The van der Waals surface area contributed by atoms with Crippen molar-refractivity contribution in [2.45, 2.75) is 38.8 Å². The van der Waals surface area contributed by atoms with Crippen LogP contribution in [-0.4, -0.2) is 56.1 Å². The van der Waals surface area contributed by atoms with Crippen molar-refractivity contribution in [2.24, 2.45) is 0 Å². The van der Waals surface area contributed by atoms with E-state index < -0.39 is 0 Å². The van der Waals surface area contributed by atoms with E-state index in [0.717, 1.165) is 6.54 Å². The number of benzene rings is 1. The Morgan fingerprint density at radius 1 is 1.14 bits per heavy atom. The number of hydrogen-bond acceptors (Lipinski definition) is 3. The van der Waals surface area contributed by atoms with Crippen molar-refractivity contribution in [3.8, 4) is 0 Å². The summed E-state index contributed by atoms with van der Waals surface area (Å²) in [6.07, 6.45) is 0. The molecule has 0 aliphatic carbocycles. The van der Waals surface area contributed by atoms with Gasteiger partial charge < -0.3 is 10.2 Å². The van der Waals surface area contributed by atoms with Gasteiger partial charge in [0.05, 0.1) is 0 Å². The molecule has 1 N–H and O–H groups in total. The molecule has 1 aliphatic rings. The third-order valence-corrected chi connectivity index (χ3v) is 4.74. The van der Waals surface area contributed by atoms with Gasteiger partial charge >= 0.3 is 0 Å². The van der Waals surface area contributed by atoms with Crippen LogP contribution in [-0.2, 0) is 0 Å². The van der Waals surface area contributed by atoms with Gasteiger partial charge in [-0.1, -0.05) is 38.1 Å². The number of nitrogens with one attached hydrogen (secondary N) is 1. The van der Waals surface area contributed by atoms with E-state index in [1.54, 1.807) is 0 Å². The van der Waals surface area contributed by atoms with Crippen molar-refractivity contribution in [3.05, 3.63) is 35.4 Å². The fourth-order valence-electron chi connectivity index (χ4n) is 3.16. The molecule has 21 heavy (non-hydrogen) atoms. The second-order valence-corrected chi connectivity index (χ2v) is 6.77. The number of likely N-dealkylation sites (N-methyl/N-ethyl adjacent to an activating group) is 2. The van der Waals surface area contributed by atoms with Crippen molar-refractivity contribution < 1.29 is 0 Å². The number of rotatable bonds is 5. The average molecular weight is 289 g/mol. The third kappa shape index (κ3) is 4.29. The molecule has 2 rings (SSSR count). The second kappa shape index (κ2) is 7.39. The lowest BCUT2D eigenvalue weighted by molar-refractivity contribution is 0.0913. The van der Waals surface area contributed by atoms with Crippen LogP contribution in [0.15, 0.2) is 24.3 Å². The van der Waals surface area contributed by atoms with Crippen molar-refractivity contribution in [1.29, 1.82) is 0 Å². The fourth-order valence-corrected chi connectivity index (χ4v) is 3.16. The first kappa shape index (κ1) is 16.5. The van der Waals surface area contributed by atoms with Crippen LogP contribution in [0.5, 0.6) is 0 Å². The fraction of sp³-hybridized carbons (Fsp3) is 0.667. The normalized spacial score (nSPS) is 22.7. The number of nitrogens with zero attached hydrogens (tertiary/aromatic N) is 2. The average Bonchev–Trinajstić information content (AvgIpc) is 2.47. The van der Waals surface area contributed by atoms with Crippen LogP contribution in [0.1, 0.15) is 43.9 Å². The van der Waals surface area contributed by atoms with Crippen LogP contribution in [0.4, 0.5) is 0 Å². The minimum absolute atomic E-state index is 0.414. The molecule has 2 atom stereocenters. The van der Waals surface area contributed by atoms with Gasteiger partial charge in [-0.25, -0.2) is 0 Å². The molecule has 0 spiro atoms. The molecule has 0 aromatic heterocycles. The molecule has 1 aliphatic heterocycles. The highest BCUT2D eigenvalue weighted by Gasteiger charge is 2.24. The molecular weight excluding hydrogens is 258 g/mol. The van der Waals surface area contributed by atoms with Crippen LogP contribution in [0, 0.1) is 0 Å². The van der Waals surface area contributed by atoms with Crippen molar-refractivity contribution in [3.63, 3.8) is 0 Å². The van der Waals surface area contributed by atoms with E-state index in [-0.39, 0.29) is 0 Å². The zero-order valence-electron chi connectivity index (χ0n) is 14.3. The van der Waals surface area contributed by atoms with Crippen molar-refractivity contribution in [1.82, 2.24) is 15.1 Å². The van der Waals surface area contributed by atoms with E-state index in [9.17, 15) is 0 Å². The molecule has 3 heteroatoms. The number of hydrogen-bond donors (Lipinski definition) is 1. The Labute approximate surface area is 130 Å². The summed E-state index contributed by atoms with van der Waals surface area (Å²) in [5, 5.41) is 3.49. The van der Waals surface area contributed by atoms with Gasteiger partial charge in [0.25, 0.3) is 0 Å². The molecule has 0 amide bonds. The highest BCUT2D eigenvalue weighted by atomic mass is 15.3. The van der Waals surface area contributed by atoms with Crippen LogP contribution < -0.4 is 5.32 Å². The minimum atomic E-state index is 0.414. The standard InChI is InChI=1S/C18H31N3/c1-14(2)16-6-8-17(9-7-16)18(19-4)13-21-11-10-20(5)12-15(21)3/h6-9,14-15,18-19H,10-13H2,1-5H3. The van der Waals surface area contributed by atoms with Crippen LogP contribution in [0.3, 0.4) is 0 Å². The predicted octanol–water partition coefficient (Wildman–Crippen LogP) is 2.71. The van der Waals surface area contributed by atoms with Crippen molar-refractivity contribution >= 4 is 0 Å². The third-order valence-electron chi connectivity index (χ3n) is 4.74. The summed E-state index contributed by atoms with van der Waals surface area (Å²) in [6, 6.07) is 10.2. The van der Waals surface area contributed by atoms with Gasteiger partial charge in [0.15, 0.2) is 0 Å². The Hall–Kier alpha value is -0.900. The van der Waals surface area contributed by atoms with Gasteiger partial charge in [0.1, 0.15) is 0 Å². The van der Waals surface area contributed by atoms with Gasteiger partial charge in [-0.05, 0) is 38.1 Å². The van der Waals surface area contributed by atoms with Crippen molar-refractivity contribution in [2.75, 3.05) is 40.3 Å². The summed E-state index contributed by atoms with van der Waals surface area (Å²) in [5.41, 5.74) is 2.81. The molecule has 0 saturated carbocycles. The summed E-state index contributed by atoms with van der Waals surface area (Å²) in [7, 11) is 4.29. The largest absolute Gasteiger partial charge is 0.312 e. The highest BCUT2D eigenvalue weighted by molar-refractivity contribution is 5.27. The second-order valence-electron chi connectivity index (χ2n) is 6.77. The molecule has 118 valence electrons. The van der Waals surface area contributed by atoms with Gasteiger partial charge in [0.2, 0.25) is 0 Å². The first-order valence-corrected chi connectivity index (χ1v) is 8.21. The molecular formula is C18H31N3. The Balaban J connectivity index is 2.02. The monoisotopic (exact) mass is 289 g/mol. The molecule has 1 saturated heterocycles.